The second-order valence-electron chi connectivity index (χ2n) is 4.51. The predicted octanol–water partition coefficient (Wildman–Crippen LogP) is 1.23. The quantitative estimate of drug-likeness (QED) is 0.872. The fourth-order valence-corrected chi connectivity index (χ4v) is 2.86. The summed E-state index contributed by atoms with van der Waals surface area (Å²) in [6.45, 7) is 2.04. The van der Waals surface area contributed by atoms with Gasteiger partial charge in [0.15, 0.2) is 0 Å². The minimum atomic E-state index is -3.81. The molecule has 2 atom stereocenters. The van der Waals surface area contributed by atoms with E-state index in [4.69, 9.17) is 5.14 Å². The van der Waals surface area contributed by atoms with Crippen molar-refractivity contribution < 1.29 is 13.2 Å². The van der Waals surface area contributed by atoms with Crippen LogP contribution >= 0.6 is 15.9 Å². The highest BCUT2D eigenvalue weighted by atomic mass is 79.9. The Morgan fingerprint density at radius 2 is 2.06 bits per heavy atom. The summed E-state index contributed by atoms with van der Waals surface area (Å²) in [5.41, 5.74) is 0.285. The van der Waals surface area contributed by atoms with Crippen LogP contribution in [0.2, 0.25) is 0 Å². The summed E-state index contributed by atoms with van der Waals surface area (Å²) in [7, 11) is -3.81. The van der Waals surface area contributed by atoms with E-state index in [1.807, 2.05) is 6.92 Å². The van der Waals surface area contributed by atoms with Crippen molar-refractivity contribution in [2.45, 2.75) is 24.3 Å². The molecule has 1 amide bonds. The number of amides is 1. The van der Waals surface area contributed by atoms with Gasteiger partial charge in [0.2, 0.25) is 10.0 Å². The van der Waals surface area contributed by atoms with Crippen molar-refractivity contribution in [3.63, 3.8) is 0 Å². The molecule has 0 aliphatic heterocycles. The first-order valence-electron chi connectivity index (χ1n) is 5.41. The number of hydrogen-bond acceptors (Lipinski definition) is 3. The molecule has 5 nitrogen and oxygen atoms in total. The summed E-state index contributed by atoms with van der Waals surface area (Å²) in [5.74, 6) is 0.203. The Balaban J connectivity index is 2.27. The highest BCUT2D eigenvalue weighted by Gasteiger charge is 2.34. The predicted molar refractivity (Wildman–Crippen MR) is 70.6 cm³/mol. The van der Waals surface area contributed by atoms with Crippen LogP contribution in [0.4, 0.5) is 0 Å². The molecule has 1 fully saturated rings. The van der Waals surface area contributed by atoms with Crippen molar-refractivity contribution in [1.82, 2.24) is 5.32 Å². The molecular weight excluding hydrogens is 320 g/mol. The largest absolute Gasteiger partial charge is 0.349 e. The van der Waals surface area contributed by atoms with Crippen molar-refractivity contribution in [3.05, 3.63) is 28.2 Å². The molecule has 18 heavy (non-hydrogen) atoms. The van der Waals surface area contributed by atoms with E-state index in [0.717, 1.165) is 6.42 Å². The monoisotopic (exact) mass is 332 g/mol. The smallest absolute Gasteiger partial charge is 0.251 e. The van der Waals surface area contributed by atoms with E-state index in [0.29, 0.717) is 10.4 Å². The zero-order valence-electron chi connectivity index (χ0n) is 9.68. The Morgan fingerprint density at radius 1 is 1.44 bits per heavy atom. The number of halogens is 1. The Morgan fingerprint density at radius 3 is 2.56 bits per heavy atom. The van der Waals surface area contributed by atoms with Crippen molar-refractivity contribution >= 4 is 31.9 Å². The lowest BCUT2D eigenvalue weighted by molar-refractivity contribution is 0.0949. The average molecular weight is 333 g/mol. The van der Waals surface area contributed by atoms with Gasteiger partial charge < -0.3 is 5.32 Å². The topological polar surface area (TPSA) is 89.3 Å². The minimum absolute atomic E-state index is 0.0779. The summed E-state index contributed by atoms with van der Waals surface area (Å²) in [6, 6.07) is 4.40. The summed E-state index contributed by atoms with van der Waals surface area (Å²) in [4.78, 5) is 11.8. The van der Waals surface area contributed by atoms with E-state index in [9.17, 15) is 13.2 Å². The van der Waals surface area contributed by atoms with Crippen LogP contribution in [0.3, 0.4) is 0 Å². The highest BCUT2D eigenvalue weighted by Crippen LogP contribution is 2.29. The summed E-state index contributed by atoms with van der Waals surface area (Å²) < 4.78 is 23.0. The lowest BCUT2D eigenvalue weighted by Gasteiger charge is -2.06. The molecular formula is C11H13BrN2O3S. The number of nitrogens with one attached hydrogen (secondary N) is 1. The number of rotatable bonds is 3. The Kier molecular flexibility index (Phi) is 3.48. The number of primary sulfonamides is 1. The minimum Gasteiger partial charge on any atom is -0.349 e. The zero-order valence-corrected chi connectivity index (χ0v) is 12.1. The maximum absolute atomic E-state index is 11.9. The van der Waals surface area contributed by atoms with Crippen LogP contribution in [-0.4, -0.2) is 20.4 Å². The van der Waals surface area contributed by atoms with Crippen molar-refractivity contribution in [3.8, 4) is 0 Å². The first kappa shape index (κ1) is 13.5. The van der Waals surface area contributed by atoms with Crippen LogP contribution in [0, 0.1) is 5.92 Å². The van der Waals surface area contributed by atoms with Gasteiger partial charge in [0.05, 0.1) is 4.90 Å². The molecule has 1 saturated carbocycles. The molecule has 3 N–H and O–H groups in total. The second-order valence-corrected chi connectivity index (χ2v) is 6.99. The molecule has 1 aromatic carbocycles. The van der Waals surface area contributed by atoms with Gasteiger partial charge in [0.25, 0.3) is 5.91 Å². The van der Waals surface area contributed by atoms with Crippen LogP contribution in [-0.2, 0) is 10.0 Å². The van der Waals surface area contributed by atoms with Crippen LogP contribution in [0.25, 0.3) is 0 Å². The molecule has 0 radical (unpaired) electrons. The van der Waals surface area contributed by atoms with E-state index in [2.05, 4.69) is 21.2 Å². The zero-order chi connectivity index (χ0) is 13.5. The number of sulfonamides is 1. The fraction of sp³-hybridized carbons (Fsp3) is 0.364. The number of carbonyl (C=O) groups is 1. The van der Waals surface area contributed by atoms with Gasteiger partial charge in [0.1, 0.15) is 0 Å². The molecule has 0 aromatic heterocycles. The van der Waals surface area contributed by atoms with Gasteiger partial charge >= 0.3 is 0 Å². The van der Waals surface area contributed by atoms with Gasteiger partial charge in [-0.25, -0.2) is 13.6 Å². The first-order valence-corrected chi connectivity index (χ1v) is 7.75. The van der Waals surface area contributed by atoms with Gasteiger partial charge in [-0.15, -0.1) is 0 Å². The van der Waals surface area contributed by atoms with E-state index in [1.165, 1.54) is 12.1 Å². The third kappa shape index (κ3) is 3.09. The summed E-state index contributed by atoms with van der Waals surface area (Å²) in [5, 5.41) is 7.88. The van der Waals surface area contributed by atoms with Crippen LogP contribution in [0.5, 0.6) is 0 Å². The molecule has 98 valence electrons. The maximum Gasteiger partial charge on any atom is 0.251 e. The van der Waals surface area contributed by atoms with Crippen molar-refractivity contribution in [2.75, 3.05) is 0 Å². The summed E-state index contributed by atoms with van der Waals surface area (Å²) >= 11 is 3.17. The van der Waals surface area contributed by atoms with Gasteiger partial charge in [-0.3, -0.25) is 4.79 Å². The van der Waals surface area contributed by atoms with Gasteiger partial charge in [-0.1, -0.05) is 22.9 Å². The highest BCUT2D eigenvalue weighted by molar-refractivity contribution is 9.10. The fourth-order valence-electron chi connectivity index (χ4n) is 1.63. The number of benzene rings is 1. The average Bonchev–Trinajstić information content (AvgIpc) is 2.92. The molecule has 0 saturated heterocycles. The number of carbonyl (C=O) groups excluding carboxylic acids is 1. The van der Waals surface area contributed by atoms with Crippen LogP contribution in [0.1, 0.15) is 23.7 Å². The van der Waals surface area contributed by atoms with Crippen molar-refractivity contribution in [2.24, 2.45) is 11.1 Å². The molecule has 2 rings (SSSR count). The molecule has 7 heteroatoms. The lowest BCUT2D eigenvalue weighted by Crippen LogP contribution is -2.27. The van der Waals surface area contributed by atoms with Gasteiger partial charge in [0, 0.05) is 16.1 Å². The van der Waals surface area contributed by atoms with E-state index in [1.54, 1.807) is 6.07 Å². The molecule has 1 aliphatic carbocycles. The first-order chi connectivity index (χ1) is 8.27. The molecule has 0 spiro atoms. The van der Waals surface area contributed by atoms with Crippen LogP contribution in [0.15, 0.2) is 27.6 Å². The van der Waals surface area contributed by atoms with E-state index in [-0.39, 0.29) is 22.4 Å². The number of nitrogens with two attached hydrogens (primary N) is 1. The normalized spacial score (nSPS) is 22.6. The standard InChI is InChI=1S/C11H13BrN2O3S/c1-6-2-10(6)14-11(15)7-3-8(12)5-9(4-7)18(13,16)17/h3-6,10H,2H2,1H3,(H,14,15)(H2,13,16,17). The lowest BCUT2D eigenvalue weighted by atomic mass is 10.2. The second kappa shape index (κ2) is 4.64. The van der Waals surface area contributed by atoms with E-state index >= 15 is 0 Å². The van der Waals surface area contributed by atoms with Crippen LogP contribution < -0.4 is 10.5 Å². The number of hydrogen-bond donors (Lipinski definition) is 2. The Labute approximate surface area is 114 Å². The van der Waals surface area contributed by atoms with Gasteiger partial charge in [-0.05, 0) is 30.5 Å². The Bertz CT molecular complexity index is 600. The SMILES string of the molecule is CC1CC1NC(=O)c1cc(Br)cc(S(N)(=O)=O)c1. The molecule has 1 aromatic rings. The Hall–Kier alpha value is -0.920. The maximum atomic E-state index is 11.9. The molecule has 2 unspecified atom stereocenters. The molecule has 0 bridgehead atoms. The third-order valence-electron chi connectivity index (χ3n) is 2.89. The molecule has 1 aliphatic rings. The van der Waals surface area contributed by atoms with Crippen molar-refractivity contribution in [1.29, 1.82) is 0 Å². The third-order valence-corrected chi connectivity index (χ3v) is 4.24. The molecule has 0 heterocycles. The summed E-state index contributed by atoms with van der Waals surface area (Å²) in [6.07, 6.45) is 0.960. The van der Waals surface area contributed by atoms with Gasteiger partial charge in [-0.2, -0.15) is 0 Å². The van der Waals surface area contributed by atoms with E-state index < -0.39 is 10.0 Å².